The fourth-order valence-corrected chi connectivity index (χ4v) is 1.82. The number of benzene rings is 2. The third-order valence-electron chi connectivity index (χ3n) is 2.97. The molecule has 0 saturated carbocycles. The van der Waals surface area contributed by atoms with Crippen molar-refractivity contribution in [2.45, 2.75) is 12.8 Å². The van der Waals surface area contributed by atoms with Crippen molar-refractivity contribution in [3.8, 4) is 5.75 Å². The highest BCUT2D eigenvalue weighted by molar-refractivity contribution is 6.04. The van der Waals surface area contributed by atoms with E-state index in [0.717, 1.165) is 5.56 Å². The predicted molar refractivity (Wildman–Crippen MR) is 78.5 cm³/mol. The number of carbonyl (C=O) groups excluding carboxylic acids is 1. The fraction of sp³-hybridized carbons (Fsp3) is 0.125. The van der Waals surface area contributed by atoms with Gasteiger partial charge in [0.2, 0.25) is 0 Å². The number of anilines is 1. The van der Waals surface area contributed by atoms with Crippen molar-refractivity contribution < 1.29 is 19.8 Å². The first-order valence-electron chi connectivity index (χ1n) is 6.46. The average Bonchev–Trinajstić information content (AvgIpc) is 2.47. The number of rotatable bonds is 5. The number of carboxylic acids is 1. The van der Waals surface area contributed by atoms with Gasteiger partial charge in [0.15, 0.2) is 0 Å². The lowest BCUT2D eigenvalue weighted by atomic mass is 10.1. The second-order valence-electron chi connectivity index (χ2n) is 4.59. The normalized spacial score (nSPS) is 10.1. The lowest BCUT2D eigenvalue weighted by Gasteiger charge is -2.06. The number of nitrogens with one attached hydrogen (secondary N) is 1. The molecular weight excluding hydrogens is 270 g/mol. The molecule has 0 atom stereocenters. The minimum atomic E-state index is -0.834. The van der Waals surface area contributed by atoms with Crippen LogP contribution in [0.2, 0.25) is 0 Å². The van der Waals surface area contributed by atoms with Gasteiger partial charge in [-0.3, -0.25) is 9.59 Å². The highest BCUT2D eigenvalue weighted by Gasteiger charge is 2.06. The van der Waals surface area contributed by atoms with Crippen LogP contribution in [0.4, 0.5) is 5.69 Å². The molecule has 5 heteroatoms. The van der Waals surface area contributed by atoms with Crippen molar-refractivity contribution in [2.24, 2.45) is 0 Å². The lowest BCUT2D eigenvalue weighted by Crippen LogP contribution is -2.11. The van der Waals surface area contributed by atoms with Gasteiger partial charge >= 0.3 is 5.97 Å². The van der Waals surface area contributed by atoms with Crippen LogP contribution in [0.25, 0.3) is 0 Å². The standard InChI is InChI=1S/C16H15NO4/c18-14-8-4-12(5-9-14)16(21)17-13-6-1-11(2-7-13)3-10-15(19)20/h1-2,4-9,18H,3,10H2,(H,17,21)(H,19,20). The first-order valence-corrected chi connectivity index (χ1v) is 6.46. The number of hydrogen-bond donors (Lipinski definition) is 3. The second-order valence-corrected chi connectivity index (χ2v) is 4.59. The number of aliphatic carboxylic acids is 1. The van der Waals surface area contributed by atoms with Crippen molar-refractivity contribution in [2.75, 3.05) is 5.32 Å². The SMILES string of the molecule is O=C(O)CCc1ccc(NC(=O)c2ccc(O)cc2)cc1. The van der Waals surface area contributed by atoms with Crippen molar-refractivity contribution >= 4 is 17.6 Å². The van der Waals surface area contributed by atoms with Crippen LogP contribution in [-0.2, 0) is 11.2 Å². The molecule has 2 rings (SSSR count). The number of amides is 1. The molecule has 0 saturated heterocycles. The van der Waals surface area contributed by atoms with Gasteiger partial charge in [0.25, 0.3) is 5.91 Å². The Bertz CT molecular complexity index is 632. The molecule has 0 unspecified atom stereocenters. The quantitative estimate of drug-likeness (QED) is 0.788. The smallest absolute Gasteiger partial charge is 0.303 e. The summed E-state index contributed by atoms with van der Waals surface area (Å²) in [5, 5.41) is 20.5. The molecular formula is C16H15NO4. The molecule has 0 aliphatic carbocycles. The maximum absolute atomic E-state index is 12.0. The molecule has 3 N–H and O–H groups in total. The Morgan fingerprint density at radius 3 is 2.14 bits per heavy atom. The Morgan fingerprint density at radius 2 is 1.57 bits per heavy atom. The van der Waals surface area contributed by atoms with E-state index >= 15 is 0 Å². The van der Waals surface area contributed by atoms with Crippen LogP contribution in [0.15, 0.2) is 48.5 Å². The van der Waals surface area contributed by atoms with Crippen LogP contribution in [0, 0.1) is 0 Å². The Kier molecular flexibility index (Phi) is 4.56. The van der Waals surface area contributed by atoms with Gasteiger partial charge in [-0.2, -0.15) is 0 Å². The number of carbonyl (C=O) groups is 2. The zero-order chi connectivity index (χ0) is 15.2. The van der Waals surface area contributed by atoms with Crippen molar-refractivity contribution in [1.82, 2.24) is 0 Å². The molecule has 0 aliphatic heterocycles. The Hall–Kier alpha value is -2.82. The van der Waals surface area contributed by atoms with Crippen LogP contribution in [-0.4, -0.2) is 22.1 Å². The maximum atomic E-state index is 12.0. The number of carboxylic acid groups (broad SMARTS) is 1. The van der Waals surface area contributed by atoms with Gasteiger partial charge < -0.3 is 15.5 Å². The first kappa shape index (κ1) is 14.6. The number of phenolic OH excluding ortho intramolecular Hbond substituents is 1. The molecule has 0 fully saturated rings. The summed E-state index contributed by atoms with van der Waals surface area (Å²) in [5.41, 5.74) is 1.98. The monoisotopic (exact) mass is 285 g/mol. The van der Waals surface area contributed by atoms with Crippen LogP contribution < -0.4 is 5.32 Å². The molecule has 0 radical (unpaired) electrons. The summed E-state index contributed by atoms with van der Waals surface area (Å²) in [6.07, 6.45) is 0.542. The third kappa shape index (κ3) is 4.35. The number of aryl methyl sites for hydroxylation is 1. The molecule has 0 aliphatic rings. The van der Waals surface area contributed by atoms with E-state index in [1.54, 1.807) is 24.3 Å². The van der Waals surface area contributed by atoms with E-state index in [2.05, 4.69) is 5.32 Å². The minimum Gasteiger partial charge on any atom is -0.508 e. The van der Waals surface area contributed by atoms with Gasteiger partial charge in [-0.1, -0.05) is 12.1 Å². The van der Waals surface area contributed by atoms with Gasteiger partial charge in [0, 0.05) is 17.7 Å². The minimum absolute atomic E-state index is 0.0826. The summed E-state index contributed by atoms with van der Waals surface area (Å²) in [6, 6.07) is 13.0. The van der Waals surface area contributed by atoms with Gasteiger partial charge in [-0.05, 0) is 48.4 Å². The van der Waals surface area contributed by atoms with Gasteiger partial charge in [-0.25, -0.2) is 0 Å². The number of aromatic hydroxyl groups is 1. The maximum Gasteiger partial charge on any atom is 0.303 e. The molecule has 0 bridgehead atoms. The van der Waals surface area contributed by atoms with Crippen molar-refractivity contribution in [3.05, 3.63) is 59.7 Å². The van der Waals surface area contributed by atoms with Crippen LogP contribution >= 0.6 is 0 Å². The highest BCUT2D eigenvalue weighted by Crippen LogP contribution is 2.14. The Morgan fingerprint density at radius 1 is 0.952 bits per heavy atom. The van der Waals surface area contributed by atoms with E-state index in [-0.39, 0.29) is 18.1 Å². The van der Waals surface area contributed by atoms with Crippen LogP contribution in [0.1, 0.15) is 22.3 Å². The predicted octanol–water partition coefficient (Wildman–Crippen LogP) is 2.66. The summed E-state index contributed by atoms with van der Waals surface area (Å²) < 4.78 is 0. The number of hydrogen-bond acceptors (Lipinski definition) is 3. The van der Waals surface area contributed by atoms with E-state index < -0.39 is 5.97 Å². The molecule has 2 aromatic carbocycles. The highest BCUT2D eigenvalue weighted by atomic mass is 16.4. The molecule has 0 heterocycles. The molecule has 0 spiro atoms. The van der Waals surface area contributed by atoms with Gasteiger partial charge in [-0.15, -0.1) is 0 Å². The third-order valence-corrected chi connectivity index (χ3v) is 2.97. The molecule has 5 nitrogen and oxygen atoms in total. The Labute approximate surface area is 121 Å². The fourth-order valence-electron chi connectivity index (χ4n) is 1.82. The molecule has 108 valence electrons. The zero-order valence-electron chi connectivity index (χ0n) is 11.2. The average molecular weight is 285 g/mol. The summed E-state index contributed by atoms with van der Waals surface area (Å²) >= 11 is 0. The van der Waals surface area contributed by atoms with E-state index in [1.807, 2.05) is 0 Å². The van der Waals surface area contributed by atoms with Crippen molar-refractivity contribution in [1.29, 1.82) is 0 Å². The van der Waals surface area contributed by atoms with Crippen molar-refractivity contribution in [3.63, 3.8) is 0 Å². The summed E-state index contributed by atoms with van der Waals surface area (Å²) in [4.78, 5) is 22.4. The molecule has 21 heavy (non-hydrogen) atoms. The van der Waals surface area contributed by atoms with E-state index in [9.17, 15) is 14.7 Å². The zero-order valence-corrected chi connectivity index (χ0v) is 11.2. The molecule has 1 amide bonds. The molecule has 0 aromatic heterocycles. The van der Waals surface area contributed by atoms with Crippen LogP contribution in [0.5, 0.6) is 5.75 Å². The topological polar surface area (TPSA) is 86.6 Å². The van der Waals surface area contributed by atoms with Crippen LogP contribution in [0.3, 0.4) is 0 Å². The summed E-state index contributed by atoms with van der Waals surface area (Å²) in [7, 11) is 0. The first-order chi connectivity index (χ1) is 10.0. The van der Waals surface area contributed by atoms with Gasteiger partial charge in [0.05, 0.1) is 0 Å². The largest absolute Gasteiger partial charge is 0.508 e. The Balaban J connectivity index is 1.98. The summed E-state index contributed by atoms with van der Waals surface area (Å²) in [6.45, 7) is 0. The number of phenols is 1. The molecule has 2 aromatic rings. The second kappa shape index (κ2) is 6.56. The van der Waals surface area contributed by atoms with E-state index in [0.29, 0.717) is 17.7 Å². The summed E-state index contributed by atoms with van der Waals surface area (Å²) in [5.74, 6) is -0.998. The lowest BCUT2D eigenvalue weighted by molar-refractivity contribution is -0.136. The van der Waals surface area contributed by atoms with E-state index in [4.69, 9.17) is 5.11 Å². The van der Waals surface area contributed by atoms with Gasteiger partial charge in [0.1, 0.15) is 5.75 Å². The van der Waals surface area contributed by atoms with E-state index in [1.165, 1.54) is 24.3 Å².